The summed E-state index contributed by atoms with van der Waals surface area (Å²) in [4.78, 5) is 0.219. The van der Waals surface area contributed by atoms with Crippen molar-refractivity contribution >= 4 is 10.0 Å². The number of rotatable bonds is 7. The Bertz CT molecular complexity index is 497. The van der Waals surface area contributed by atoms with Gasteiger partial charge in [0.25, 0.3) is 0 Å². The topological polar surface area (TPSA) is 81.2 Å². The molecular weight excluding hydrogens is 264 g/mol. The summed E-state index contributed by atoms with van der Waals surface area (Å²) >= 11 is 0. The van der Waals surface area contributed by atoms with Crippen molar-refractivity contribution in [1.29, 1.82) is 0 Å². The number of sulfonamides is 1. The maximum absolute atomic E-state index is 12.7. The maximum atomic E-state index is 12.7. The molecule has 0 spiro atoms. The molecule has 19 heavy (non-hydrogen) atoms. The van der Waals surface area contributed by atoms with Crippen LogP contribution in [-0.4, -0.2) is 41.1 Å². The van der Waals surface area contributed by atoms with E-state index in [2.05, 4.69) is 5.10 Å². The quantitative estimate of drug-likeness (QED) is 0.810. The van der Waals surface area contributed by atoms with Gasteiger partial charge in [0.1, 0.15) is 4.90 Å². The standard InChI is InChI=1S/C12H24N4O2S/c1-5-12(6-2,10-13)16(7-3)19(17,18)11-8-14-15(4)9-11/h8-9H,5-7,10,13H2,1-4H3. The lowest BCUT2D eigenvalue weighted by Gasteiger charge is -2.40. The number of hydrogen-bond donors (Lipinski definition) is 1. The zero-order valence-corrected chi connectivity index (χ0v) is 12.9. The molecule has 0 atom stereocenters. The lowest BCUT2D eigenvalue weighted by atomic mass is 9.93. The van der Waals surface area contributed by atoms with Crippen molar-refractivity contribution < 1.29 is 8.42 Å². The first-order chi connectivity index (χ1) is 8.87. The predicted octanol–water partition coefficient (Wildman–Crippen LogP) is 0.948. The summed E-state index contributed by atoms with van der Waals surface area (Å²) in [5.74, 6) is 0. The molecule has 1 aromatic rings. The van der Waals surface area contributed by atoms with Gasteiger partial charge in [-0.25, -0.2) is 8.42 Å². The van der Waals surface area contributed by atoms with Gasteiger partial charge in [0.05, 0.1) is 6.20 Å². The van der Waals surface area contributed by atoms with E-state index in [1.54, 1.807) is 7.05 Å². The van der Waals surface area contributed by atoms with Gasteiger partial charge in [-0.05, 0) is 12.8 Å². The number of aromatic nitrogens is 2. The second-order valence-electron chi connectivity index (χ2n) is 4.66. The Morgan fingerprint density at radius 3 is 2.26 bits per heavy atom. The predicted molar refractivity (Wildman–Crippen MR) is 75.1 cm³/mol. The van der Waals surface area contributed by atoms with E-state index in [-0.39, 0.29) is 4.90 Å². The van der Waals surface area contributed by atoms with Gasteiger partial charge in [0.2, 0.25) is 10.0 Å². The van der Waals surface area contributed by atoms with E-state index in [9.17, 15) is 8.42 Å². The Morgan fingerprint density at radius 2 is 1.95 bits per heavy atom. The van der Waals surface area contributed by atoms with Crippen LogP contribution in [0.15, 0.2) is 17.3 Å². The normalized spacial score (nSPS) is 13.2. The average molecular weight is 288 g/mol. The maximum Gasteiger partial charge on any atom is 0.246 e. The summed E-state index contributed by atoms with van der Waals surface area (Å²) in [7, 11) is -1.85. The Kier molecular flexibility index (Phi) is 5.11. The van der Waals surface area contributed by atoms with E-state index in [0.29, 0.717) is 25.9 Å². The van der Waals surface area contributed by atoms with Gasteiger partial charge in [0.15, 0.2) is 0 Å². The van der Waals surface area contributed by atoms with Crippen LogP contribution in [0, 0.1) is 0 Å². The highest BCUT2D eigenvalue weighted by molar-refractivity contribution is 7.89. The van der Waals surface area contributed by atoms with Crippen molar-refractivity contribution in [2.24, 2.45) is 12.8 Å². The molecule has 0 aliphatic heterocycles. The van der Waals surface area contributed by atoms with Crippen LogP contribution < -0.4 is 5.73 Å². The van der Waals surface area contributed by atoms with Crippen LogP contribution in [0.4, 0.5) is 0 Å². The molecule has 0 unspecified atom stereocenters. The number of aryl methyl sites for hydroxylation is 1. The highest BCUT2D eigenvalue weighted by Gasteiger charge is 2.40. The molecule has 0 aromatic carbocycles. The Balaban J connectivity index is 3.29. The van der Waals surface area contributed by atoms with Gasteiger partial charge in [-0.1, -0.05) is 20.8 Å². The zero-order valence-electron chi connectivity index (χ0n) is 12.1. The first-order valence-electron chi connectivity index (χ1n) is 6.59. The SMILES string of the molecule is CCN(C(CC)(CC)CN)S(=O)(=O)c1cnn(C)c1. The summed E-state index contributed by atoms with van der Waals surface area (Å²) < 4.78 is 28.4. The molecule has 0 fully saturated rings. The summed E-state index contributed by atoms with van der Waals surface area (Å²) in [5.41, 5.74) is 5.33. The summed E-state index contributed by atoms with van der Waals surface area (Å²) in [6.45, 7) is 6.49. The van der Waals surface area contributed by atoms with E-state index < -0.39 is 15.6 Å². The van der Waals surface area contributed by atoms with Gasteiger partial charge in [-0.2, -0.15) is 9.40 Å². The molecular formula is C12H24N4O2S. The van der Waals surface area contributed by atoms with E-state index in [0.717, 1.165) is 0 Å². The minimum absolute atomic E-state index is 0.219. The second-order valence-corrected chi connectivity index (χ2v) is 6.52. The molecule has 7 heteroatoms. The molecule has 0 aliphatic carbocycles. The smallest absolute Gasteiger partial charge is 0.246 e. The van der Waals surface area contributed by atoms with Crippen LogP contribution in [0.25, 0.3) is 0 Å². The Labute approximate surface area is 115 Å². The molecule has 0 radical (unpaired) electrons. The van der Waals surface area contributed by atoms with Gasteiger partial charge < -0.3 is 5.73 Å². The highest BCUT2D eigenvalue weighted by Crippen LogP contribution is 2.29. The largest absolute Gasteiger partial charge is 0.329 e. The minimum atomic E-state index is -3.55. The van der Waals surface area contributed by atoms with Crippen molar-refractivity contribution in [2.75, 3.05) is 13.1 Å². The first-order valence-corrected chi connectivity index (χ1v) is 8.03. The van der Waals surface area contributed by atoms with E-state index in [1.165, 1.54) is 21.4 Å². The summed E-state index contributed by atoms with van der Waals surface area (Å²) in [6, 6.07) is 0. The first kappa shape index (κ1) is 16.1. The third-order valence-electron chi connectivity index (χ3n) is 3.78. The fraction of sp³-hybridized carbons (Fsp3) is 0.750. The van der Waals surface area contributed by atoms with Crippen LogP contribution in [0.1, 0.15) is 33.6 Å². The molecule has 1 aromatic heterocycles. The molecule has 110 valence electrons. The molecule has 0 saturated heterocycles. The molecule has 0 bridgehead atoms. The van der Waals surface area contributed by atoms with Crippen LogP contribution in [0.5, 0.6) is 0 Å². The fourth-order valence-electron chi connectivity index (χ4n) is 2.41. The molecule has 0 aliphatic rings. The Hall–Kier alpha value is -0.920. The van der Waals surface area contributed by atoms with Gasteiger partial charge >= 0.3 is 0 Å². The van der Waals surface area contributed by atoms with Crippen LogP contribution in [0.3, 0.4) is 0 Å². The van der Waals surface area contributed by atoms with E-state index in [1.807, 2.05) is 20.8 Å². The van der Waals surface area contributed by atoms with Gasteiger partial charge in [0, 0.05) is 31.9 Å². The van der Waals surface area contributed by atoms with Crippen molar-refractivity contribution in [3.63, 3.8) is 0 Å². The van der Waals surface area contributed by atoms with Gasteiger partial charge in [-0.15, -0.1) is 0 Å². The van der Waals surface area contributed by atoms with Gasteiger partial charge in [-0.3, -0.25) is 4.68 Å². The third kappa shape index (κ3) is 2.82. The number of nitrogens with two attached hydrogens (primary N) is 1. The lowest BCUT2D eigenvalue weighted by molar-refractivity contribution is 0.184. The number of likely N-dealkylation sites (N-methyl/N-ethyl adjacent to an activating group) is 1. The van der Waals surface area contributed by atoms with Crippen molar-refractivity contribution in [3.05, 3.63) is 12.4 Å². The molecule has 2 N–H and O–H groups in total. The summed E-state index contributed by atoms with van der Waals surface area (Å²) in [6.07, 6.45) is 4.27. The van der Waals surface area contributed by atoms with E-state index in [4.69, 9.17) is 5.73 Å². The third-order valence-corrected chi connectivity index (χ3v) is 5.81. The second kappa shape index (κ2) is 6.02. The number of nitrogens with zero attached hydrogens (tertiary/aromatic N) is 3. The average Bonchev–Trinajstić information content (AvgIpc) is 2.83. The summed E-state index contributed by atoms with van der Waals surface area (Å²) in [5, 5.41) is 3.94. The molecule has 1 rings (SSSR count). The fourth-order valence-corrected chi connectivity index (χ4v) is 4.32. The van der Waals surface area contributed by atoms with Crippen LogP contribution >= 0.6 is 0 Å². The van der Waals surface area contributed by atoms with E-state index >= 15 is 0 Å². The zero-order chi connectivity index (χ0) is 14.7. The molecule has 0 saturated carbocycles. The highest BCUT2D eigenvalue weighted by atomic mass is 32.2. The molecule has 6 nitrogen and oxygen atoms in total. The monoisotopic (exact) mass is 288 g/mol. The Morgan fingerprint density at radius 1 is 1.37 bits per heavy atom. The van der Waals surface area contributed by atoms with Crippen molar-refractivity contribution in [3.8, 4) is 0 Å². The molecule has 1 heterocycles. The van der Waals surface area contributed by atoms with Crippen LogP contribution in [-0.2, 0) is 17.1 Å². The minimum Gasteiger partial charge on any atom is -0.329 e. The van der Waals surface area contributed by atoms with Crippen molar-refractivity contribution in [1.82, 2.24) is 14.1 Å². The van der Waals surface area contributed by atoms with Crippen LogP contribution in [0.2, 0.25) is 0 Å². The molecule has 0 amide bonds. The van der Waals surface area contributed by atoms with Crippen molar-refractivity contribution in [2.45, 2.75) is 44.0 Å². The number of hydrogen-bond acceptors (Lipinski definition) is 4. The lowest BCUT2D eigenvalue weighted by Crippen LogP contribution is -2.55.